The van der Waals surface area contributed by atoms with E-state index in [0.717, 1.165) is 0 Å². The molecule has 0 aliphatic heterocycles. The largest absolute Gasteiger partial charge is 0.379 e. The van der Waals surface area contributed by atoms with Gasteiger partial charge in [0.05, 0.1) is 0 Å². The van der Waals surface area contributed by atoms with E-state index >= 15 is 0 Å². The molecule has 0 rings (SSSR count). The minimum atomic E-state index is -3.67. The van der Waals surface area contributed by atoms with Crippen molar-refractivity contribution in [2.24, 2.45) is 0 Å². The van der Waals surface area contributed by atoms with E-state index in [1.165, 1.54) is 0 Å². The molecule has 0 nitrogen and oxygen atoms in total. The van der Waals surface area contributed by atoms with Crippen LogP contribution in [0.15, 0.2) is 0 Å². The van der Waals surface area contributed by atoms with E-state index in [4.69, 9.17) is 0 Å². The number of halogens is 3. The van der Waals surface area contributed by atoms with Gasteiger partial charge in [-0.2, -0.15) is 13.2 Å². The van der Waals surface area contributed by atoms with Crippen LogP contribution >= 0.6 is 0 Å². The summed E-state index contributed by atoms with van der Waals surface area (Å²) in [6.45, 7) is -3.67. The van der Waals surface area contributed by atoms with E-state index in [1.54, 1.807) is 0 Å². The standard InChI is InChI=1S/CHF3.Zr/c2-1(3)4;/h1H;. The van der Waals surface area contributed by atoms with Crippen molar-refractivity contribution in [1.82, 2.24) is 0 Å². The van der Waals surface area contributed by atoms with Crippen molar-refractivity contribution < 1.29 is 39.4 Å². The Morgan fingerprint density at radius 2 is 1.00 bits per heavy atom. The predicted octanol–water partition coefficient (Wildman–Crippen LogP) is 1.18. The molecule has 0 atom stereocenters. The van der Waals surface area contributed by atoms with Crippen LogP contribution in [0.25, 0.3) is 0 Å². The Bertz CT molecular complexity index is 11.6. The van der Waals surface area contributed by atoms with E-state index in [0.29, 0.717) is 0 Å². The SMILES string of the molecule is FC(F)F.[Zr]. The van der Waals surface area contributed by atoms with Crippen molar-refractivity contribution in [1.29, 1.82) is 0 Å². The Balaban J connectivity index is 0. The maximum Gasteiger partial charge on any atom is 0.379 e. The molecule has 0 aliphatic rings. The monoisotopic (exact) mass is 160 g/mol. The molecule has 0 saturated heterocycles. The van der Waals surface area contributed by atoms with Gasteiger partial charge in [-0.3, -0.25) is 0 Å². The van der Waals surface area contributed by atoms with Gasteiger partial charge in [0, 0.05) is 26.2 Å². The van der Waals surface area contributed by atoms with Gasteiger partial charge < -0.3 is 0 Å². The Morgan fingerprint density at radius 1 is 1.00 bits per heavy atom. The molecule has 0 bridgehead atoms. The van der Waals surface area contributed by atoms with Crippen LogP contribution in [0.2, 0.25) is 0 Å². The van der Waals surface area contributed by atoms with Gasteiger partial charge in [-0.25, -0.2) is 0 Å². The van der Waals surface area contributed by atoms with E-state index in [2.05, 4.69) is 0 Å². The summed E-state index contributed by atoms with van der Waals surface area (Å²) < 4.78 is 29.0. The Morgan fingerprint density at radius 3 is 1.00 bits per heavy atom. The molecule has 0 spiro atoms. The van der Waals surface area contributed by atoms with E-state index in [-0.39, 0.29) is 26.2 Å². The van der Waals surface area contributed by atoms with Crippen LogP contribution in [0.5, 0.6) is 0 Å². The van der Waals surface area contributed by atoms with Gasteiger partial charge >= 0.3 is 6.68 Å². The second-order valence-corrected chi connectivity index (χ2v) is 0.247. The molecule has 0 heterocycles. The van der Waals surface area contributed by atoms with Gasteiger partial charge in [0.1, 0.15) is 0 Å². The zero-order valence-corrected chi connectivity index (χ0v) is 4.67. The third-order valence-corrected chi connectivity index (χ3v) is 0. The summed E-state index contributed by atoms with van der Waals surface area (Å²) in [4.78, 5) is 0. The van der Waals surface area contributed by atoms with Crippen LogP contribution in [0.4, 0.5) is 13.2 Å². The van der Waals surface area contributed by atoms with Crippen molar-refractivity contribution in [3.05, 3.63) is 0 Å². The second-order valence-electron chi connectivity index (χ2n) is 0.247. The van der Waals surface area contributed by atoms with Gasteiger partial charge in [-0.05, 0) is 0 Å². The molecule has 0 unspecified atom stereocenters. The van der Waals surface area contributed by atoms with Crippen LogP contribution in [0.3, 0.4) is 0 Å². The molecule has 0 aromatic carbocycles. The molecule has 0 radical (unpaired) electrons. The minimum Gasteiger partial charge on any atom is -0.174 e. The first-order valence-electron chi connectivity index (χ1n) is 0.655. The van der Waals surface area contributed by atoms with Gasteiger partial charge in [0.15, 0.2) is 0 Å². The summed E-state index contributed by atoms with van der Waals surface area (Å²) in [5.41, 5.74) is 0. The van der Waals surface area contributed by atoms with Crippen molar-refractivity contribution in [3.8, 4) is 0 Å². The quantitative estimate of drug-likeness (QED) is 0.500. The van der Waals surface area contributed by atoms with E-state index < -0.39 is 6.68 Å². The summed E-state index contributed by atoms with van der Waals surface area (Å²) in [5, 5.41) is 0. The zero-order chi connectivity index (χ0) is 3.58. The molecule has 30 valence electrons. The molecule has 0 saturated carbocycles. The van der Waals surface area contributed by atoms with Gasteiger partial charge in [-0.1, -0.05) is 0 Å². The van der Waals surface area contributed by atoms with Crippen molar-refractivity contribution >= 4 is 0 Å². The van der Waals surface area contributed by atoms with Crippen molar-refractivity contribution in [2.75, 3.05) is 0 Å². The molecule has 0 aromatic heterocycles. The topological polar surface area (TPSA) is 0 Å². The van der Waals surface area contributed by atoms with E-state index in [9.17, 15) is 13.2 Å². The smallest absolute Gasteiger partial charge is 0.174 e. The summed E-state index contributed by atoms with van der Waals surface area (Å²) >= 11 is 0. The Kier molecular flexibility index (Phi) is 8.58. The number of rotatable bonds is 0. The molecule has 0 amide bonds. The predicted molar refractivity (Wildman–Crippen MR) is 7.11 cm³/mol. The van der Waals surface area contributed by atoms with Crippen LogP contribution < -0.4 is 0 Å². The Hall–Kier alpha value is 0.673. The first-order chi connectivity index (χ1) is 1.73. The van der Waals surface area contributed by atoms with E-state index in [1.807, 2.05) is 0 Å². The average Bonchev–Trinajstić information content (AvgIpc) is 0.811. The summed E-state index contributed by atoms with van der Waals surface area (Å²) in [6.07, 6.45) is 0. The third kappa shape index (κ3) is 73.7. The number of hydrogen-bond acceptors (Lipinski definition) is 0. The van der Waals surface area contributed by atoms with Crippen LogP contribution in [-0.2, 0) is 26.2 Å². The molecule has 0 aromatic rings. The van der Waals surface area contributed by atoms with Crippen molar-refractivity contribution in [3.63, 3.8) is 0 Å². The molecular formula is CHF3Zr. The maximum atomic E-state index is 9.67. The van der Waals surface area contributed by atoms with Crippen LogP contribution in [0, 0.1) is 0 Å². The number of alkyl halides is 3. The first-order valence-corrected chi connectivity index (χ1v) is 0.655. The van der Waals surface area contributed by atoms with Gasteiger partial charge in [0.2, 0.25) is 0 Å². The third-order valence-electron chi connectivity index (χ3n) is 0. The summed E-state index contributed by atoms with van der Waals surface area (Å²) in [6, 6.07) is 0. The van der Waals surface area contributed by atoms with Crippen LogP contribution in [-0.4, -0.2) is 6.68 Å². The normalized spacial score (nSPS) is 7.20. The molecule has 0 fully saturated rings. The fraction of sp³-hybridized carbons (Fsp3) is 1.00. The Labute approximate surface area is 46.5 Å². The number of hydrogen-bond donors (Lipinski definition) is 0. The summed E-state index contributed by atoms with van der Waals surface area (Å²) in [7, 11) is 0. The first kappa shape index (κ1) is 9.18. The van der Waals surface area contributed by atoms with Crippen LogP contribution in [0.1, 0.15) is 0 Å². The summed E-state index contributed by atoms with van der Waals surface area (Å²) in [5.74, 6) is 0. The fourth-order valence-corrected chi connectivity index (χ4v) is 0. The second kappa shape index (κ2) is 4.67. The molecule has 0 N–H and O–H groups in total. The average molecular weight is 161 g/mol. The van der Waals surface area contributed by atoms with Gasteiger partial charge in [-0.15, -0.1) is 0 Å². The van der Waals surface area contributed by atoms with Gasteiger partial charge in [0.25, 0.3) is 0 Å². The maximum absolute atomic E-state index is 9.67. The minimum absolute atomic E-state index is 0. The zero-order valence-electron chi connectivity index (χ0n) is 2.21. The fourth-order valence-electron chi connectivity index (χ4n) is 0. The molecule has 0 aliphatic carbocycles. The molecule has 5 heavy (non-hydrogen) atoms. The molecular weight excluding hydrogens is 160 g/mol. The molecule has 4 heteroatoms. The van der Waals surface area contributed by atoms with Crippen molar-refractivity contribution in [2.45, 2.75) is 6.68 Å².